The summed E-state index contributed by atoms with van der Waals surface area (Å²) >= 11 is 0. The molecule has 3 rings (SSSR count). The number of nitrogens with one attached hydrogen (secondary N) is 1. The van der Waals surface area contributed by atoms with Gasteiger partial charge in [0.2, 0.25) is 0 Å². The van der Waals surface area contributed by atoms with E-state index in [1.54, 1.807) is 0 Å². The van der Waals surface area contributed by atoms with Gasteiger partial charge in [-0.2, -0.15) is 0 Å². The summed E-state index contributed by atoms with van der Waals surface area (Å²) in [6, 6.07) is 11.8. The first-order valence-electron chi connectivity index (χ1n) is 8.26. The van der Waals surface area contributed by atoms with Gasteiger partial charge in [0.25, 0.3) is 5.91 Å². The van der Waals surface area contributed by atoms with Crippen LogP contribution >= 0.6 is 0 Å². The van der Waals surface area contributed by atoms with Gasteiger partial charge in [-0.25, -0.2) is 0 Å². The first-order valence-corrected chi connectivity index (χ1v) is 8.26. The van der Waals surface area contributed by atoms with Crippen LogP contribution in [0.1, 0.15) is 52.7 Å². The number of likely N-dealkylation sites (tertiary alicyclic amines) is 1. The van der Waals surface area contributed by atoms with Crippen LogP contribution in [0.15, 0.2) is 36.4 Å². The van der Waals surface area contributed by atoms with Crippen molar-refractivity contribution in [2.75, 3.05) is 6.54 Å². The van der Waals surface area contributed by atoms with Crippen LogP contribution in [0.5, 0.6) is 0 Å². The number of H-pyrrole nitrogens is 1. The molecule has 0 radical (unpaired) electrons. The van der Waals surface area contributed by atoms with E-state index in [4.69, 9.17) is 0 Å². The molecule has 1 aromatic carbocycles. The van der Waals surface area contributed by atoms with Gasteiger partial charge in [-0.3, -0.25) is 4.79 Å². The van der Waals surface area contributed by atoms with E-state index in [9.17, 15) is 9.90 Å². The Morgan fingerprint density at radius 3 is 2.74 bits per heavy atom. The minimum atomic E-state index is -0.527. The number of benzene rings is 1. The fourth-order valence-electron chi connectivity index (χ4n) is 3.51. The van der Waals surface area contributed by atoms with Crippen LogP contribution in [0.3, 0.4) is 0 Å². The van der Waals surface area contributed by atoms with E-state index >= 15 is 0 Å². The van der Waals surface area contributed by atoms with E-state index in [0.29, 0.717) is 12.1 Å². The summed E-state index contributed by atoms with van der Waals surface area (Å²) < 4.78 is 0. The highest BCUT2D eigenvalue weighted by Crippen LogP contribution is 2.29. The smallest absolute Gasteiger partial charge is 0.270 e. The molecule has 0 aliphatic carbocycles. The van der Waals surface area contributed by atoms with Gasteiger partial charge in [0.1, 0.15) is 5.69 Å². The van der Waals surface area contributed by atoms with Gasteiger partial charge in [-0.1, -0.05) is 30.3 Å². The minimum Gasteiger partial charge on any atom is -0.388 e. The second-order valence-electron chi connectivity index (χ2n) is 6.47. The Kier molecular flexibility index (Phi) is 4.53. The first-order chi connectivity index (χ1) is 11.1. The van der Waals surface area contributed by atoms with E-state index < -0.39 is 6.10 Å². The maximum Gasteiger partial charge on any atom is 0.270 e. The summed E-state index contributed by atoms with van der Waals surface area (Å²) in [5, 5.41) is 10.5. The van der Waals surface area contributed by atoms with Crippen LogP contribution in [-0.2, 0) is 0 Å². The molecule has 23 heavy (non-hydrogen) atoms. The SMILES string of the molecule is Cc1cc(C)c(C(=O)N2CCCC2CC(O)c2ccccc2)[nH]1. The maximum atomic E-state index is 12.8. The van der Waals surface area contributed by atoms with Gasteiger partial charge in [0.15, 0.2) is 0 Å². The van der Waals surface area contributed by atoms with Crippen molar-refractivity contribution < 1.29 is 9.90 Å². The van der Waals surface area contributed by atoms with Crippen molar-refractivity contribution in [1.82, 2.24) is 9.88 Å². The third-order valence-electron chi connectivity index (χ3n) is 4.68. The Morgan fingerprint density at radius 2 is 2.09 bits per heavy atom. The number of carbonyl (C=O) groups excluding carboxylic acids is 1. The van der Waals surface area contributed by atoms with Crippen molar-refractivity contribution in [3.05, 3.63) is 58.9 Å². The summed E-state index contributed by atoms with van der Waals surface area (Å²) in [6.45, 7) is 4.69. The quantitative estimate of drug-likeness (QED) is 0.909. The molecule has 4 nitrogen and oxygen atoms in total. The number of hydrogen-bond donors (Lipinski definition) is 2. The molecule has 0 saturated carbocycles. The average molecular weight is 312 g/mol. The second-order valence-corrected chi connectivity index (χ2v) is 6.47. The lowest BCUT2D eigenvalue weighted by Crippen LogP contribution is -2.37. The Bertz CT molecular complexity index is 678. The van der Waals surface area contributed by atoms with E-state index in [1.165, 1.54) is 0 Å². The molecule has 1 aliphatic heterocycles. The van der Waals surface area contributed by atoms with Crippen LogP contribution in [0.2, 0.25) is 0 Å². The van der Waals surface area contributed by atoms with Crippen molar-refractivity contribution in [2.24, 2.45) is 0 Å². The lowest BCUT2D eigenvalue weighted by Gasteiger charge is -2.26. The number of aliphatic hydroxyl groups is 1. The van der Waals surface area contributed by atoms with Gasteiger partial charge in [0.05, 0.1) is 6.10 Å². The van der Waals surface area contributed by atoms with Gasteiger partial charge in [-0.15, -0.1) is 0 Å². The molecule has 2 atom stereocenters. The predicted molar refractivity (Wildman–Crippen MR) is 90.3 cm³/mol. The van der Waals surface area contributed by atoms with E-state index in [2.05, 4.69) is 4.98 Å². The number of hydrogen-bond acceptors (Lipinski definition) is 2. The summed E-state index contributed by atoms with van der Waals surface area (Å²) in [4.78, 5) is 17.9. The van der Waals surface area contributed by atoms with Crippen LogP contribution < -0.4 is 0 Å². The third-order valence-corrected chi connectivity index (χ3v) is 4.68. The molecule has 1 aromatic heterocycles. The van der Waals surface area contributed by atoms with Crippen molar-refractivity contribution in [2.45, 2.75) is 45.3 Å². The molecule has 2 aromatic rings. The lowest BCUT2D eigenvalue weighted by atomic mass is 10.0. The number of nitrogens with zero attached hydrogens (tertiary/aromatic N) is 1. The summed E-state index contributed by atoms with van der Waals surface area (Å²) in [5.74, 6) is 0.0540. The number of aryl methyl sites for hydroxylation is 2. The standard InChI is InChI=1S/C19H24N2O2/c1-13-11-14(2)20-18(13)19(23)21-10-6-9-16(21)12-17(22)15-7-4-3-5-8-15/h3-5,7-8,11,16-17,20,22H,6,9-10,12H2,1-2H3. The predicted octanol–water partition coefficient (Wildman–Crippen LogP) is 3.36. The second kappa shape index (κ2) is 6.59. The Balaban J connectivity index is 1.73. The lowest BCUT2D eigenvalue weighted by molar-refractivity contribution is 0.0661. The molecular formula is C19H24N2O2. The maximum absolute atomic E-state index is 12.8. The van der Waals surface area contributed by atoms with Crippen molar-refractivity contribution in [3.8, 4) is 0 Å². The average Bonchev–Trinajstić information content (AvgIpc) is 3.13. The fraction of sp³-hybridized carbons (Fsp3) is 0.421. The number of amides is 1. The number of carbonyl (C=O) groups is 1. The Hall–Kier alpha value is -2.07. The zero-order chi connectivity index (χ0) is 16.4. The van der Waals surface area contributed by atoms with Gasteiger partial charge in [-0.05, 0) is 50.3 Å². The first kappa shape index (κ1) is 15.8. The molecule has 1 saturated heterocycles. The van der Waals surface area contributed by atoms with E-state index in [-0.39, 0.29) is 11.9 Å². The Morgan fingerprint density at radius 1 is 1.35 bits per heavy atom. The summed E-state index contributed by atoms with van der Waals surface area (Å²) in [6.07, 6.45) is 2.01. The molecule has 0 bridgehead atoms. The minimum absolute atomic E-state index is 0.0540. The molecular weight excluding hydrogens is 288 g/mol. The van der Waals surface area contributed by atoms with Gasteiger partial charge < -0.3 is 15.0 Å². The molecule has 2 unspecified atom stereocenters. The van der Waals surface area contributed by atoms with Crippen LogP contribution in [0.25, 0.3) is 0 Å². The zero-order valence-electron chi connectivity index (χ0n) is 13.7. The third kappa shape index (κ3) is 3.32. The van der Waals surface area contributed by atoms with Crippen molar-refractivity contribution in [3.63, 3.8) is 0 Å². The van der Waals surface area contributed by atoms with Crippen LogP contribution in [-0.4, -0.2) is 33.5 Å². The van der Waals surface area contributed by atoms with E-state index in [0.717, 1.165) is 36.2 Å². The van der Waals surface area contributed by atoms with Crippen LogP contribution in [0.4, 0.5) is 0 Å². The summed E-state index contributed by atoms with van der Waals surface area (Å²) in [7, 11) is 0. The van der Waals surface area contributed by atoms with Crippen molar-refractivity contribution >= 4 is 5.91 Å². The highest BCUT2D eigenvalue weighted by Gasteiger charge is 2.32. The molecule has 2 N–H and O–H groups in total. The van der Waals surface area contributed by atoms with Gasteiger partial charge in [0, 0.05) is 18.3 Å². The molecule has 1 amide bonds. The molecule has 1 fully saturated rings. The number of rotatable bonds is 4. The highest BCUT2D eigenvalue weighted by molar-refractivity contribution is 5.94. The van der Waals surface area contributed by atoms with E-state index in [1.807, 2.05) is 55.1 Å². The number of aromatic amines is 1. The molecule has 4 heteroatoms. The van der Waals surface area contributed by atoms with Gasteiger partial charge >= 0.3 is 0 Å². The zero-order valence-corrected chi connectivity index (χ0v) is 13.7. The van der Waals surface area contributed by atoms with Crippen LogP contribution in [0, 0.1) is 13.8 Å². The Labute approximate surface area is 137 Å². The fourth-order valence-corrected chi connectivity index (χ4v) is 3.51. The monoisotopic (exact) mass is 312 g/mol. The molecule has 1 aliphatic rings. The normalized spacial score (nSPS) is 19.1. The molecule has 2 heterocycles. The molecule has 0 spiro atoms. The number of aliphatic hydroxyl groups excluding tert-OH is 1. The topological polar surface area (TPSA) is 56.3 Å². The summed E-state index contributed by atoms with van der Waals surface area (Å²) in [5.41, 5.74) is 3.59. The largest absolute Gasteiger partial charge is 0.388 e. The molecule has 122 valence electrons. The number of aromatic nitrogens is 1. The highest BCUT2D eigenvalue weighted by atomic mass is 16.3. The van der Waals surface area contributed by atoms with Crippen molar-refractivity contribution in [1.29, 1.82) is 0 Å².